The summed E-state index contributed by atoms with van der Waals surface area (Å²) in [7, 11) is 1.84. The molecule has 15 heavy (non-hydrogen) atoms. The largest absolute Gasteiger partial charge is 0.412 e. The quantitative estimate of drug-likeness (QED) is 0.786. The third kappa shape index (κ3) is 4.46. The molecule has 0 aromatic heterocycles. The van der Waals surface area contributed by atoms with Gasteiger partial charge in [-0.2, -0.15) is 0 Å². The SMILES string of the molecule is CNC(C)CNC(=O)Oc1ccccc1. The second-order valence-electron chi connectivity index (χ2n) is 3.27. The zero-order chi connectivity index (χ0) is 11.1. The Hall–Kier alpha value is -1.55. The average molecular weight is 208 g/mol. The van der Waals surface area contributed by atoms with Gasteiger partial charge < -0.3 is 15.4 Å². The Balaban J connectivity index is 2.31. The summed E-state index contributed by atoms with van der Waals surface area (Å²) in [6.07, 6.45) is -0.427. The van der Waals surface area contributed by atoms with Crippen LogP contribution in [0.2, 0.25) is 0 Å². The summed E-state index contributed by atoms with van der Waals surface area (Å²) in [5.41, 5.74) is 0. The topological polar surface area (TPSA) is 50.4 Å². The minimum absolute atomic E-state index is 0.230. The standard InChI is InChI=1S/C11H16N2O2/c1-9(12-2)8-13-11(14)15-10-6-4-3-5-7-10/h3-7,9,12H,8H2,1-2H3,(H,13,14). The van der Waals surface area contributed by atoms with Crippen LogP contribution in [0.15, 0.2) is 30.3 Å². The van der Waals surface area contributed by atoms with Crippen LogP contribution in [0.5, 0.6) is 5.75 Å². The summed E-state index contributed by atoms with van der Waals surface area (Å²) >= 11 is 0. The first-order valence-corrected chi connectivity index (χ1v) is 4.90. The van der Waals surface area contributed by atoms with E-state index in [9.17, 15) is 4.79 Å². The monoisotopic (exact) mass is 208 g/mol. The maximum Gasteiger partial charge on any atom is 0.412 e. The molecule has 4 heteroatoms. The Morgan fingerprint density at radius 1 is 1.40 bits per heavy atom. The van der Waals surface area contributed by atoms with Gasteiger partial charge in [0.15, 0.2) is 0 Å². The normalized spacial score (nSPS) is 11.9. The first kappa shape index (κ1) is 11.5. The van der Waals surface area contributed by atoms with Crippen molar-refractivity contribution in [3.8, 4) is 5.75 Å². The van der Waals surface area contributed by atoms with E-state index in [1.165, 1.54) is 0 Å². The Labute approximate surface area is 89.6 Å². The van der Waals surface area contributed by atoms with Crippen LogP contribution < -0.4 is 15.4 Å². The lowest BCUT2D eigenvalue weighted by molar-refractivity contribution is 0.199. The number of hydrogen-bond donors (Lipinski definition) is 2. The number of likely N-dealkylation sites (N-methyl/N-ethyl adjacent to an activating group) is 1. The van der Waals surface area contributed by atoms with Gasteiger partial charge in [0.25, 0.3) is 0 Å². The van der Waals surface area contributed by atoms with Crippen molar-refractivity contribution >= 4 is 6.09 Å². The minimum Gasteiger partial charge on any atom is -0.410 e. The predicted molar refractivity (Wildman–Crippen MR) is 59.0 cm³/mol. The number of ether oxygens (including phenoxy) is 1. The van der Waals surface area contributed by atoms with Gasteiger partial charge in [0, 0.05) is 12.6 Å². The highest BCUT2D eigenvalue weighted by Gasteiger charge is 2.04. The van der Waals surface area contributed by atoms with Crippen molar-refractivity contribution < 1.29 is 9.53 Å². The van der Waals surface area contributed by atoms with Gasteiger partial charge in [0.2, 0.25) is 0 Å². The highest BCUT2D eigenvalue weighted by molar-refractivity contribution is 5.70. The molecule has 0 saturated carbocycles. The van der Waals surface area contributed by atoms with Crippen LogP contribution in [0, 0.1) is 0 Å². The first-order chi connectivity index (χ1) is 7.22. The average Bonchev–Trinajstić information content (AvgIpc) is 2.27. The van der Waals surface area contributed by atoms with Crippen molar-refractivity contribution in [2.75, 3.05) is 13.6 Å². The van der Waals surface area contributed by atoms with Crippen molar-refractivity contribution in [1.82, 2.24) is 10.6 Å². The predicted octanol–water partition coefficient (Wildman–Crippen LogP) is 1.38. The Bertz CT molecular complexity index is 301. The van der Waals surface area contributed by atoms with Gasteiger partial charge in [-0.15, -0.1) is 0 Å². The minimum atomic E-state index is -0.427. The molecule has 0 bridgehead atoms. The van der Waals surface area contributed by atoms with E-state index < -0.39 is 6.09 Å². The van der Waals surface area contributed by atoms with E-state index in [-0.39, 0.29) is 6.04 Å². The molecular formula is C11H16N2O2. The number of hydrogen-bond acceptors (Lipinski definition) is 3. The van der Waals surface area contributed by atoms with E-state index in [2.05, 4.69) is 10.6 Å². The van der Waals surface area contributed by atoms with E-state index in [1.807, 2.05) is 32.2 Å². The molecule has 0 spiro atoms. The Morgan fingerprint density at radius 2 is 2.07 bits per heavy atom. The number of carbonyl (C=O) groups excluding carboxylic acids is 1. The van der Waals surface area contributed by atoms with Gasteiger partial charge in [0.1, 0.15) is 5.75 Å². The number of carbonyl (C=O) groups is 1. The molecule has 2 N–H and O–H groups in total. The fourth-order valence-corrected chi connectivity index (χ4v) is 0.970. The smallest absolute Gasteiger partial charge is 0.410 e. The van der Waals surface area contributed by atoms with Crippen LogP contribution >= 0.6 is 0 Å². The van der Waals surface area contributed by atoms with E-state index in [1.54, 1.807) is 12.1 Å². The number of rotatable bonds is 4. The lowest BCUT2D eigenvalue weighted by Gasteiger charge is -2.11. The second kappa shape index (κ2) is 6.03. The molecule has 1 atom stereocenters. The summed E-state index contributed by atoms with van der Waals surface area (Å²) < 4.78 is 5.03. The van der Waals surface area contributed by atoms with Crippen molar-refractivity contribution in [1.29, 1.82) is 0 Å². The molecule has 4 nitrogen and oxygen atoms in total. The number of amides is 1. The molecule has 0 saturated heterocycles. The molecule has 0 fully saturated rings. The van der Waals surface area contributed by atoms with Crippen molar-refractivity contribution in [3.05, 3.63) is 30.3 Å². The summed E-state index contributed by atoms with van der Waals surface area (Å²) in [6, 6.07) is 9.21. The van der Waals surface area contributed by atoms with Crippen LogP contribution in [-0.2, 0) is 0 Å². The van der Waals surface area contributed by atoms with Gasteiger partial charge in [-0.25, -0.2) is 4.79 Å². The molecular weight excluding hydrogens is 192 g/mol. The summed E-state index contributed by atoms with van der Waals surface area (Å²) in [6.45, 7) is 2.52. The number of nitrogens with one attached hydrogen (secondary N) is 2. The molecule has 1 unspecified atom stereocenters. The van der Waals surface area contributed by atoms with Gasteiger partial charge in [-0.1, -0.05) is 18.2 Å². The molecule has 1 amide bonds. The van der Waals surface area contributed by atoms with Crippen molar-refractivity contribution in [2.45, 2.75) is 13.0 Å². The molecule has 1 aromatic rings. The van der Waals surface area contributed by atoms with Crippen LogP contribution in [0.3, 0.4) is 0 Å². The number of benzene rings is 1. The van der Waals surface area contributed by atoms with Crippen molar-refractivity contribution in [3.63, 3.8) is 0 Å². The zero-order valence-electron chi connectivity index (χ0n) is 8.99. The first-order valence-electron chi connectivity index (χ1n) is 4.90. The zero-order valence-corrected chi connectivity index (χ0v) is 8.99. The Morgan fingerprint density at radius 3 is 2.67 bits per heavy atom. The van der Waals surface area contributed by atoms with Gasteiger partial charge in [-0.05, 0) is 26.1 Å². The molecule has 0 aliphatic carbocycles. The van der Waals surface area contributed by atoms with Crippen LogP contribution in [-0.4, -0.2) is 25.7 Å². The summed E-state index contributed by atoms with van der Waals surface area (Å²) in [4.78, 5) is 11.3. The summed E-state index contributed by atoms with van der Waals surface area (Å²) in [5, 5.41) is 5.67. The van der Waals surface area contributed by atoms with Crippen molar-refractivity contribution in [2.24, 2.45) is 0 Å². The number of para-hydroxylation sites is 1. The van der Waals surface area contributed by atoms with Crippen LogP contribution in [0.4, 0.5) is 4.79 Å². The molecule has 0 aliphatic rings. The second-order valence-corrected chi connectivity index (χ2v) is 3.27. The fourth-order valence-electron chi connectivity index (χ4n) is 0.970. The van der Waals surface area contributed by atoms with Crippen LogP contribution in [0.25, 0.3) is 0 Å². The van der Waals surface area contributed by atoms with Gasteiger partial charge >= 0.3 is 6.09 Å². The third-order valence-electron chi connectivity index (χ3n) is 2.00. The van der Waals surface area contributed by atoms with Crippen LogP contribution in [0.1, 0.15) is 6.92 Å². The van der Waals surface area contributed by atoms with E-state index in [0.29, 0.717) is 12.3 Å². The highest BCUT2D eigenvalue weighted by atomic mass is 16.6. The highest BCUT2D eigenvalue weighted by Crippen LogP contribution is 2.07. The molecule has 0 radical (unpaired) electrons. The molecule has 1 aromatic carbocycles. The van der Waals surface area contributed by atoms with E-state index in [4.69, 9.17) is 4.74 Å². The maximum absolute atomic E-state index is 11.3. The summed E-state index contributed by atoms with van der Waals surface area (Å²) in [5.74, 6) is 0.548. The molecule has 0 aliphatic heterocycles. The van der Waals surface area contributed by atoms with Gasteiger partial charge in [0.05, 0.1) is 0 Å². The lowest BCUT2D eigenvalue weighted by Crippen LogP contribution is -2.38. The fraction of sp³-hybridized carbons (Fsp3) is 0.364. The third-order valence-corrected chi connectivity index (χ3v) is 2.00. The molecule has 0 heterocycles. The lowest BCUT2D eigenvalue weighted by atomic mass is 10.3. The molecule has 1 rings (SSSR count). The Kier molecular flexibility index (Phi) is 4.63. The van der Waals surface area contributed by atoms with Gasteiger partial charge in [-0.3, -0.25) is 0 Å². The molecule has 82 valence electrons. The maximum atomic E-state index is 11.3. The van der Waals surface area contributed by atoms with E-state index in [0.717, 1.165) is 0 Å². The van der Waals surface area contributed by atoms with E-state index >= 15 is 0 Å².